The van der Waals surface area contributed by atoms with Gasteiger partial charge in [-0.1, -0.05) is 6.07 Å². The number of hydrogen-bond acceptors (Lipinski definition) is 5. The van der Waals surface area contributed by atoms with Gasteiger partial charge < -0.3 is 14.8 Å². The quantitative estimate of drug-likeness (QED) is 0.432. The first-order valence-electron chi connectivity index (χ1n) is 8.65. The highest BCUT2D eigenvalue weighted by Gasteiger charge is 2.31. The van der Waals surface area contributed by atoms with Gasteiger partial charge in [0.25, 0.3) is 6.43 Å². The van der Waals surface area contributed by atoms with Crippen LogP contribution >= 0.6 is 0 Å². The molecule has 0 aliphatic rings. The zero-order chi connectivity index (χ0) is 21.6. The normalized spacial score (nSPS) is 11.5. The Bertz CT molecular complexity index is 815. The molecule has 0 aliphatic heterocycles. The minimum absolute atomic E-state index is 0.0765. The Balaban J connectivity index is 2.31. The molecule has 0 aromatic heterocycles. The maximum absolute atomic E-state index is 13.0. The molecular formula is C19H21F5N2O3. The first kappa shape index (κ1) is 22.5. The fourth-order valence-electron chi connectivity index (χ4n) is 2.61. The lowest BCUT2D eigenvalue weighted by Gasteiger charge is -2.23. The van der Waals surface area contributed by atoms with Crippen LogP contribution in [0.1, 0.15) is 18.1 Å². The van der Waals surface area contributed by atoms with Crippen molar-refractivity contribution in [1.82, 2.24) is 0 Å². The van der Waals surface area contributed by atoms with E-state index in [0.717, 1.165) is 12.1 Å². The molecule has 160 valence electrons. The van der Waals surface area contributed by atoms with Gasteiger partial charge in [-0.2, -0.15) is 13.2 Å². The topological polar surface area (TPSA) is 54.0 Å². The summed E-state index contributed by atoms with van der Waals surface area (Å²) in [7, 11) is 1.47. The zero-order valence-electron chi connectivity index (χ0n) is 15.8. The van der Waals surface area contributed by atoms with Gasteiger partial charge in [-0.3, -0.25) is 10.3 Å². The summed E-state index contributed by atoms with van der Waals surface area (Å²) < 4.78 is 74.6. The van der Waals surface area contributed by atoms with Crippen LogP contribution in [-0.2, 0) is 12.7 Å². The molecule has 0 amide bonds. The van der Waals surface area contributed by atoms with Crippen molar-refractivity contribution in [3.63, 3.8) is 0 Å². The average Bonchev–Trinajstić information content (AvgIpc) is 2.66. The number of nitrogens with zero attached hydrogens (tertiary/aromatic N) is 1. The molecule has 29 heavy (non-hydrogen) atoms. The monoisotopic (exact) mass is 420 g/mol. The smallest absolute Gasteiger partial charge is 0.416 e. The first-order valence-corrected chi connectivity index (χ1v) is 8.65. The molecule has 2 N–H and O–H groups in total. The number of halogens is 5. The van der Waals surface area contributed by atoms with Crippen LogP contribution in [0.5, 0.6) is 11.5 Å². The van der Waals surface area contributed by atoms with Crippen LogP contribution in [0.3, 0.4) is 0 Å². The number of hydrogen-bond donors (Lipinski definition) is 2. The molecule has 0 heterocycles. The number of alkyl halides is 5. The van der Waals surface area contributed by atoms with Crippen LogP contribution < -0.4 is 19.9 Å². The number of rotatable bonds is 9. The van der Waals surface area contributed by atoms with Gasteiger partial charge >= 0.3 is 6.18 Å². The molecule has 0 aliphatic carbocycles. The Labute approximate surface area is 164 Å². The summed E-state index contributed by atoms with van der Waals surface area (Å²) in [4.78, 5) is 0. The summed E-state index contributed by atoms with van der Waals surface area (Å²) in [5.74, 6) is 0.915. The van der Waals surface area contributed by atoms with Crippen LogP contribution in [0.4, 0.5) is 33.3 Å². The molecule has 10 heteroatoms. The average molecular weight is 420 g/mol. The van der Waals surface area contributed by atoms with Crippen LogP contribution in [0, 0.1) is 0 Å². The van der Waals surface area contributed by atoms with E-state index in [9.17, 15) is 27.2 Å². The molecule has 5 nitrogen and oxygen atoms in total. The van der Waals surface area contributed by atoms with E-state index >= 15 is 0 Å². The number of anilines is 2. The Kier molecular flexibility index (Phi) is 7.49. The van der Waals surface area contributed by atoms with E-state index in [1.54, 1.807) is 25.1 Å². The Morgan fingerprint density at radius 1 is 1.10 bits per heavy atom. The third kappa shape index (κ3) is 6.11. The van der Waals surface area contributed by atoms with Crippen LogP contribution in [0.25, 0.3) is 0 Å². The van der Waals surface area contributed by atoms with Gasteiger partial charge in [0.2, 0.25) is 0 Å². The lowest BCUT2D eigenvalue weighted by molar-refractivity contribution is -0.137. The van der Waals surface area contributed by atoms with Crippen LogP contribution in [0.15, 0.2) is 36.4 Å². The second-order valence-electron chi connectivity index (χ2n) is 5.98. The number of ether oxygens (including phenoxy) is 2. The van der Waals surface area contributed by atoms with Gasteiger partial charge in [-0.15, -0.1) is 0 Å². The summed E-state index contributed by atoms with van der Waals surface area (Å²) in [6.45, 7) is 1.18. The van der Waals surface area contributed by atoms with Crippen molar-refractivity contribution in [2.45, 2.75) is 26.1 Å². The van der Waals surface area contributed by atoms with Crippen LogP contribution in [-0.4, -0.2) is 31.9 Å². The Hall–Kier alpha value is -2.75. The number of methoxy groups -OCH3 is 1. The van der Waals surface area contributed by atoms with Gasteiger partial charge in [-0.25, -0.2) is 8.78 Å². The fourth-order valence-corrected chi connectivity index (χ4v) is 2.61. The molecule has 2 rings (SSSR count). The van der Waals surface area contributed by atoms with E-state index in [1.807, 2.05) is 0 Å². The van der Waals surface area contributed by atoms with E-state index in [-0.39, 0.29) is 17.9 Å². The van der Waals surface area contributed by atoms with Crippen molar-refractivity contribution in [1.29, 1.82) is 0 Å². The van der Waals surface area contributed by atoms with E-state index in [2.05, 4.69) is 5.32 Å². The number of nitrogens with one attached hydrogen (secondary N) is 1. The van der Waals surface area contributed by atoms with Gasteiger partial charge in [0.1, 0.15) is 0 Å². The second kappa shape index (κ2) is 9.64. The fraction of sp³-hybridized carbons (Fsp3) is 0.368. The van der Waals surface area contributed by atoms with Crippen molar-refractivity contribution >= 4 is 11.4 Å². The van der Waals surface area contributed by atoms with E-state index in [1.165, 1.54) is 7.11 Å². The van der Waals surface area contributed by atoms with Crippen LogP contribution in [0.2, 0.25) is 0 Å². The van der Waals surface area contributed by atoms with E-state index in [4.69, 9.17) is 9.47 Å². The summed E-state index contributed by atoms with van der Waals surface area (Å²) in [5.41, 5.74) is -0.792. The second-order valence-corrected chi connectivity index (χ2v) is 5.98. The summed E-state index contributed by atoms with van der Waals surface area (Å²) in [6, 6.07) is 7.34. The largest absolute Gasteiger partial charge is 0.493 e. The molecule has 2 aromatic carbocycles. The molecular weight excluding hydrogens is 399 g/mol. The van der Waals surface area contributed by atoms with Crippen molar-refractivity contribution in [2.24, 2.45) is 0 Å². The lowest BCUT2D eigenvalue weighted by atomic mass is 10.1. The summed E-state index contributed by atoms with van der Waals surface area (Å²) in [5, 5.41) is 13.3. The molecule has 0 saturated carbocycles. The predicted molar refractivity (Wildman–Crippen MR) is 98.1 cm³/mol. The molecule has 0 fully saturated rings. The van der Waals surface area contributed by atoms with Gasteiger partial charge in [-0.05, 0) is 42.8 Å². The highest BCUT2D eigenvalue weighted by molar-refractivity contribution is 5.70. The molecule has 0 unspecified atom stereocenters. The lowest BCUT2D eigenvalue weighted by Crippen LogP contribution is -2.21. The summed E-state index contributed by atoms with van der Waals surface area (Å²) in [6.07, 6.45) is -7.43. The van der Waals surface area contributed by atoms with E-state index < -0.39 is 24.7 Å². The SMILES string of the molecule is CCOc1cc(CN(O)c2ccc(C(F)(F)F)cc2NCC(F)F)ccc1OC. The number of hydroxylamine groups is 1. The maximum Gasteiger partial charge on any atom is 0.416 e. The minimum atomic E-state index is -4.65. The molecule has 0 atom stereocenters. The Morgan fingerprint density at radius 3 is 2.41 bits per heavy atom. The first-order chi connectivity index (χ1) is 13.7. The molecule has 0 radical (unpaired) electrons. The number of benzene rings is 2. The molecule has 0 saturated heterocycles. The summed E-state index contributed by atoms with van der Waals surface area (Å²) >= 11 is 0. The Morgan fingerprint density at radius 2 is 1.83 bits per heavy atom. The standard InChI is InChI=1S/C19H21F5N2O3/c1-3-29-17-8-12(4-7-16(17)28-2)11-26(27)15-6-5-13(19(22,23)24)9-14(15)25-10-18(20)21/h4-9,18,25,27H,3,10-11H2,1-2H3. The van der Waals surface area contributed by atoms with Gasteiger partial charge in [0.05, 0.1) is 43.7 Å². The molecule has 0 bridgehead atoms. The van der Waals surface area contributed by atoms with Gasteiger partial charge in [0, 0.05) is 0 Å². The minimum Gasteiger partial charge on any atom is -0.493 e. The molecule has 0 spiro atoms. The third-order valence-corrected chi connectivity index (χ3v) is 3.91. The maximum atomic E-state index is 13.0. The van der Waals surface area contributed by atoms with Crippen molar-refractivity contribution in [3.8, 4) is 11.5 Å². The highest BCUT2D eigenvalue weighted by atomic mass is 19.4. The van der Waals surface area contributed by atoms with Gasteiger partial charge in [0.15, 0.2) is 11.5 Å². The van der Waals surface area contributed by atoms with Crippen molar-refractivity contribution in [3.05, 3.63) is 47.5 Å². The van der Waals surface area contributed by atoms with Crippen molar-refractivity contribution in [2.75, 3.05) is 30.6 Å². The predicted octanol–water partition coefficient (Wildman–Crippen LogP) is 5.19. The van der Waals surface area contributed by atoms with Crippen molar-refractivity contribution < 1.29 is 36.6 Å². The third-order valence-electron chi connectivity index (χ3n) is 3.91. The molecule has 2 aromatic rings. The highest BCUT2D eigenvalue weighted by Crippen LogP contribution is 2.36. The van der Waals surface area contributed by atoms with E-state index in [0.29, 0.717) is 34.8 Å². The zero-order valence-corrected chi connectivity index (χ0v) is 15.8.